The van der Waals surface area contributed by atoms with Crippen LogP contribution in [-0.4, -0.2) is 79.7 Å². The van der Waals surface area contributed by atoms with Crippen LogP contribution >= 0.6 is 0 Å². The lowest BCUT2D eigenvalue weighted by atomic mass is 9.96. The first-order valence-electron chi connectivity index (χ1n) is 6.75. The lowest BCUT2D eigenvalue weighted by Crippen LogP contribution is -2.42. The van der Waals surface area contributed by atoms with Gasteiger partial charge in [0.15, 0.2) is 5.60 Å². The SMILES string of the molecule is CC1CC(O)CCN1C.O=C(O)CC(O)(CC(=O)O)C(=O)O. The molecule has 9 nitrogen and oxygen atoms in total. The highest BCUT2D eigenvalue weighted by Crippen LogP contribution is 2.16. The lowest BCUT2D eigenvalue weighted by molar-refractivity contribution is -0.170. The average molecular weight is 321 g/mol. The topological polar surface area (TPSA) is 156 Å². The molecule has 9 heteroatoms. The zero-order chi connectivity index (χ0) is 17.5. The van der Waals surface area contributed by atoms with Crippen molar-refractivity contribution in [3.05, 3.63) is 0 Å². The van der Waals surface area contributed by atoms with Crippen LogP contribution in [0.15, 0.2) is 0 Å². The number of aliphatic hydroxyl groups excluding tert-OH is 1. The van der Waals surface area contributed by atoms with Crippen molar-refractivity contribution in [1.82, 2.24) is 4.90 Å². The number of aliphatic carboxylic acids is 3. The van der Waals surface area contributed by atoms with Gasteiger partial charge in [-0.05, 0) is 26.8 Å². The Balaban J connectivity index is 0.000000425. The molecule has 0 bridgehead atoms. The Labute approximate surface area is 127 Å². The van der Waals surface area contributed by atoms with Crippen LogP contribution < -0.4 is 0 Å². The van der Waals surface area contributed by atoms with Crippen molar-refractivity contribution < 1.29 is 39.9 Å². The van der Waals surface area contributed by atoms with Crippen molar-refractivity contribution >= 4 is 17.9 Å². The summed E-state index contributed by atoms with van der Waals surface area (Å²) in [7, 11) is 2.11. The molecule has 0 aromatic carbocycles. The molecule has 1 saturated heterocycles. The van der Waals surface area contributed by atoms with Gasteiger partial charge in [-0.2, -0.15) is 0 Å². The fourth-order valence-corrected chi connectivity index (χ4v) is 1.98. The van der Waals surface area contributed by atoms with E-state index in [2.05, 4.69) is 18.9 Å². The molecule has 1 fully saturated rings. The molecule has 128 valence electrons. The van der Waals surface area contributed by atoms with Crippen LogP contribution in [0.1, 0.15) is 32.6 Å². The standard InChI is InChI=1S/C7H15NO.C6H8O7/c1-6-5-7(9)3-4-8(6)2;7-3(8)1-6(13,5(11)12)2-4(9)10/h6-7,9H,3-5H2,1-2H3;13H,1-2H2,(H,7,8)(H,9,10)(H,11,12). The van der Waals surface area contributed by atoms with Crippen molar-refractivity contribution in [2.45, 2.75) is 50.4 Å². The van der Waals surface area contributed by atoms with Crippen molar-refractivity contribution in [2.75, 3.05) is 13.6 Å². The number of piperidine rings is 1. The number of aliphatic hydroxyl groups is 2. The van der Waals surface area contributed by atoms with Crippen molar-refractivity contribution in [2.24, 2.45) is 0 Å². The van der Waals surface area contributed by atoms with E-state index in [0.717, 1.165) is 19.4 Å². The predicted octanol–water partition coefficient (Wildman–Crippen LogP) is -0.787. The fourth-order valence-electron chi connectivity index (χ4n) is 1.98. The second-order valence-corrected chi connectivity index (χ2v) is 5.49. The monoisotopic (exact) mass is 321 g/mol. The third-order valence-electron chi connectivity index (χ3n) is 3.47. The number of nitrogens with zero attached hydrogens (tertiary/aromatic N) is 1. The van der Waals surface area contributed by atoms with Crippen LogP contribution in [-0.2, 0) is 14.4 Å². The Morgan fingerprint density at radius 1 is 1.14 bits per heavy atom. The van der Waals surface area contributed by atoms with Gasteiger partial charge in [0.1, 0.15) is 0 Å². The molecule has 1 aliphatic heterocycles. The highest BCUT2D eigenvalue weighted by Gasteiger charge is 2.40. The van der Waals surface area contributed by atoms with Gasteiger partial charge in [0.05, 0.1) is 18.9 Å². The van der Waals surface area contributed by atoms with E-state index in [0.29, 0.717) is 6.04 Å². The Kier molecular flexibility index (Phi) is 7.99. The Morgan fingerprint density at radius 2 is 1.59 bits per heavy atom. The first kappa shape index (κ1) is 20.3. The number of likely N-dealkylation sites (tertiary alicyclic amines) is 1. The van der Waals surface area contributed by atoms with E-state index in [4.69, 9.17) is 20.4 Å². The Bertz CT molecular complexity index is 395. The van der Waals surface area contributed by atoms with Crippen LogP contribution in [0, 0.1) is 0 Å². The highest BCUT2D eigenvalue weighted by molar-refractivity contribution is 5.88. The fraction of sp³-hybridized carbons (Fsp3) is 0.769. The second-order valence-electron chi connectivity index (χ2n) is 5.49. The summed E-state index contributed by atoms with van der Waals surface area (Å²) >= 11 is 0. The average Bonchev–Trinajstić information content (AvgIpc) is 2.32. The van der Waals surface area contributed by atoms with Crippen LogP contribution in [0.2, 0.25) is 0 Å². The molecule has 0 aromatic heterocycles. The van der Waals surface area contributed by atoms with Gasteiger partial charge in [-0.15, -0.1) is 0 Å². The zero-order valence-corrected chi connectivity index (χ0v) is 12.6. The summed E-state index contributed by atoms with van der Waals surface area (Å²) in [5.41, 5.74) is -2.74. The summed E-state index contributed by atoms with van der Waals surface area (Å²) in [5.74, 6) is -5.02. The molecule has 2 unspecified atom stereocenters. The van der Waals surface area contributed by atoms with Crippen LogP contribution in [0.3, 0.4) is 0 Å². The van der Waals surface area contributed by atoms with Crippen molar-refractivity contribution in [1.29, 1.82) is 0 Å². The molecular formula is C13H23NO8. The van der Waals surface area contributed by atoms with Gasteiger partial charge in [-0.1, -0.05) is 0 Å². The minimum absolute atomic E-state index is 0.0452. The Hall–Kier alpha value is -1.71. The lowest BCUT2D eigenvalue weighted by Gasteiger charge is -2.32. The molecule has 1 heterocycles. The van der Waals surface area contributed by atoms with Crippen molar-refractivity contribution in [3.63, 3.8) is 0 Å². The molecule has 2 atom stereocenters. The largest absolute Gasteiger partial charge is 0.481 e. The summed E-state index contributed by atoms with van der Waals surface area (Å²) in [5, 5.41) is 43.0. The van der Waals surface area contributed by atoms with Crippen LogP contribution in [0.25, 0.3) is 0 Å². The van der Waals surface area contributed by atoms with E-state index < -0.39 is 36.4 Å². The van der Waals surface area contributed by atoms with Crippen LogP contribution in [0.5, 0.6) is 0 Å². The first-order valence-corrected chi connectivity index (χ1v) is 6.75. The van der Waals surface area contributed by atoms with Gasteiger partial charge in [-0.25, -0.2) is 4.79 Å². The summed E-state index contributed by atoms with van der Waals surface area (Å²) in [6, 6.07) is 0.564. The Morgan fingerprint density at radius 3 is 1.86 bits per heavy atom. The van der Waals surface area contributed by atoms with Gasteiger partial charge in [0.2, 0.25) is 0 Å². The molecule has 5 N–H and O–H groups in total. The third-order valence-corrected chi connectivity index (χ3v) is 3.47. The van der Waals surface area contributed by atoms with Gasteiger partial charge in [0.25, 0.3) is 0 Å². The molecule has 22 heavy (non-hydrogen) atoms. The predicted molar refractivity (Wildman–Crippen MR) is 74.4 cm³/mol. The summed E-state index contributed by atoms with van der Waals surface area (Å²) in [6.07, 6.45) is -0.447. The number of carboxylic acid groups (broad SMARTS) is 3. The van der Waals surface area contributed by atoms with E-state index in [-0.39, 0.29) is 6.10 Å². The molecule has 1 rings (SSSR count). The molecule has 0 aliphatic carbocycles. The number of hydrogen-bond acceptors (Lipinski definition) is 6. The van der Waals surface area contributed by atoms with Gasteiger partial charge in [0, 0.05) is 12.6 Å². The van der Waals surface area contributed by atoms with E-state index in [1.54, 1.807) is 0 Å². The van der Waals surface area contributed by atoms with Gasteiger partial charge < -0.3 is 30.4 Å². The van der Waals surface area contributed by atoms with E-state index >= 15 is 0 Å². The summed E-state index contributed by atoms with van der Waals surface area (Å²) in [4.78, 5) is 32.8. The second kappa shape index (κ2) is 8.66. The highest BCUT2D eigenvalue weighted by atomic mass is 16.4. The summed E-state index contributed by atoms with van der Waals surface area (Å²) < 4.78 is 0. The molecule has 0 aromatic rings. The molecule has 0 spiro atoms. The number of rotatable bonds is 5. The van der Waals surface area contributed by atoms with Crippen molar-refractivity contribution in [3.8, 4) is 0 Å². The smallest absolute Gasteiger partial charge is 0.336 e. The van der Waals surface area contributed by atoms with E-state index in [9.17, 15) is 19.5 Å². The van der Waals surface area contributed by atoms with E-state index in [1.807, 2.05) is 0 Å². The quantitative estimate of drug-likeness (QED) is 0.438. The van der Waals surface area contributed by atoms with Crippen LogP contribution in [0.4, 0.5) is 0 Å². The molecule has 1 aliphatic rings. The van der Waals surface area contributed by atoms with E-state index in [1.165, 1.54) is 0 Å². The zero-order valence-electron chi connectivity index (χ0n) is 12.6. The maximum absolute atomic E-state index is 10.3. The maximum atomic E-state index is 10.3. The molecule has 0 saturated carbocycles. The molecule has 0 radical (unpaired) electrons. The normalized spacial score (nSPS) is 22.4. The summed E-state index contributed by atoms with van der Waals surface area (Å²) in [6.45, 7) is 3.20. The number of hydrogen-bond donors (Lipinski definition) is 5. The third kappa shape index (κ3) is 7.34. The maximum Gasteiger partial charge on any atom is 0.336 e. The number of carbonyl (C=O) groups is 3. The molecule has 0 amide bonds. The van der Waals surface area contributed by atoms with Gasteiger partial charge >= 0.3 is 17.9 Å². The van der Waals surface area contributed by atoms with Gasteiger partial charge in [-0.3, -0.25) is 9.59 Å². The molecular weight excluding hydrogens is 298 g/mol. The first-order chi connectivity index (χ1) is 9.97. The number of carboxylic acids is 3. The minimum Gasteiger partial charge on any atom is -0.481 e. The minimum atomic E-state index is -2.74.